The van der Waals surface area contributed by atoms with Gasteiger partial charge in [0.1, 0.15) is 5.82 Å². The first-order valence-corrected chi connectivity index (χ1v) is 7.68. The molecule has 0 saturated heterocycles. The van der Waals surface area contributed by atoms with Crippen molar-refractivity contribution in [3.63, 3.8) is 0 Å². The summed E-state index contributed by atoms with van der Waals surface area (Å²) < 4.78 is 13.8. The van der Waals surface area contributed by atoms with Gasteiger partial charge < -0.3 is 5.32 Å². The maximum absolute atomic E-state index is 13.3. The van der Waals surface area contributed by atoms with Gasteiger partial charge in [0.15, 0.2) is 0 Å². The number of benzene rings is 1. The molecule has 1 N–H and O–H groups in total. The lowest BCUT2D eigenvalue weighted by Gasteiger charge is -2.05. The molecule has 0 amide bonds. The molecule has 0 atom stereocenters. The molecular formula is C15H23BrFN. The van der Waals surface area contributed by atoms with Gasteiger partial charge in [0, 0.05) is 6.54 Å². The molecule has 0 heterocycles. The van der Waals surface area contributed by atoms with E-state index in [2.05, 4.69) is 28.2 Å². The molecular weight excluding hydrogens is 293 g/mol. The number of unbranched alkanes of at least 4 members (excludes halogenated alkanes) is 5. The Morgan fingerprint density at radius 2 is 1.83 bits per heavy atom. The standard InChI is InChI=1S/C15H23BrFN/c1-2-3-4-5-6-7-10-18-12-13-8-9-14(16)15(17)11-13/h8-9,11,18H,2-7,10,12H2,1H3. The quantitative estimate of drug-likeness (QED) is 0.630. The van der Waals surface area contributed by atoms with E-state index in [-0.39, 0.29) is 5.82 Å². The molecule has 0 saturated carbocycles. The van der Waals surface area contributed by atoms with Gasteiger partial charge in [0.05, 0.1) is 4.47 Å². The largest absolute Gasteiger partial charge is 0.313 e. The molecule has 0 spiro atoms. The van der Waals surface area contributed by atoms with E-state index in [1.165, 1.54) is 38.5 Å². The van der Waals surface area contributed by atoms with Crippen molar-refractivity contribution in [2.45, 2.75) is 52.0 Å². The van der Waals surface area contributed by atoms with Gasteiger partial charge in [0.25, 0.3) is 0 Å². The van der Waals surface area contributed by atoms with Crippen molar-refractivity contribution in [3.8, 4) is 0 Å². The second-order valence-electron chi connectivity index (χ2n) is 4.69. The van der Waals surface area contributed by atoms with Crippen molar-refractivity contribution < 1.29 is 4.39 Å². The van der Waals surface area contributed by atoms with Crippen LogP contribution in [0.25, 0.3) is 0 Å². The summed E-state index contributed by atoms with van der Waals surface area (Å²) in [7, 11) is 0. The average Bonchev–Trinajstić information content (AvgIpc) is 2.37. The molecule has 0 aliphatic rings. The van der Waals surface area contributed by atoms with Crippen molar-refractivity contribution in [1.82, 2.24) is 5.32 Å². The van der Waals surface area contributed by atoms with Crippen LogP contribution in [0.15, 0.2) is 22.7 Å². The first-order valence-electron chi connectivity index (χ1n) is 6.88. The van der Waals surface area contributed by atoms with Gasteiger partial charge in [-0.25, -0.2) is 4.39 Å². The van der Waals surface area contributed by atoms with E-state index in [1.54, 1.807) is 12.1 Å². The molecule has 1 aromatic carbocycles. The lowest BCUT2D eigenvalue weighted by atomic mass is 10.1. The predicted molar refractivity (Wildman–Crippen MR) is 79.2 cm³/mol. The number of hydrogen-bond acceptors (Lipinski definition) is 1. The summed E-state index contributed by atoms with van der Waals surface area (Å²) in [4.78, 5) is 0. The molecule has 3 heteroatoms. The van der Waals surface area contributed by atoms with E-state index in [9.17, 15) is 4.39 Å². The molecule has 0 unspecified atom stereocenters. The van der Waals surface area contributed by atoms with Crippen LogP contribution in [0.3, 0.4) is 0 Å². The van der Waals surface area contributed by atoms with Crippen LogP contribution < -0.4 is 5.32 Å². The molecule has 0 radical (unpaired) electrons. The summed E-state index contributed by atoms with van der Waals surface area (Å²) in [5, 5.41) is 3.36. The number of nitrogens with one attached hydrogen (secondary N) is 1. The first kappa shape index (κ1) is 15.6. The van der Waals surface area contributed by atoms with Crippen molar-refractivity contribution in [2.75, 3.05) is 6.54 Å². The Morgan fingerprint density at radius 3 is 2.56 bits per heavy atom. The molecule has 18 heavy (non-hydrogen) atoms. The number of halogens is 2. The Kier molecular flexibility index (Phi) is 8.27. The fourth-order valence-corrected chi connectivity index (χ4v) is 2.16. The van der Waals surface area contributed by atoms with Crippen LogP contribution in [0.4, 0.5) is 4.39 Å². The van der Waals surface area contributed by atoms with Crippen LogP contribution in [0.5, 0.6) is 0 Å². The SMILES string of the molecule is CCCCCCCCNCc1ccc(Br)c(F)c1. The Hall–Kier alpha value is -0.410. The van der Waals surface area contributed by atoms with Crippen LogP contribution >= 0.6 is 15.9 Å². The topological polar surface area (TPSA) is 12.0 Å². The molecule has 0 bridgehead atoms. The van der Waals surface area contributed by atoms with E-state index < -0.39 is 0 Å². The van der Waals surface area contributed by atoms with Crippen LogP contribution in [-0.4, -0.2) is 6.54 Å². The molecule has 0 aromatic heterocycles. The van der Waals surface area contributed by atoms with Crippen molar-refractivity contribution >= 4 is 15.9 Å². The zero-order valence-corrected chi connectivity index (χ0v) is 12.7. The van der Waals surface area contributed by atoms with Crippen LogP contribution in [0.2, 0.25) is 0 Å². The molecule has 102 valence electrons. The van der Waals surface area contributed by atoms with Gasteiger partial charge in [-0.05, 0) is 46.6 Å². The van der Waals surface area contributed by atoms with Gasteiger partial charge in [-0.1, -0.05) is 45.1 Å². The van der Waals surface area contributed by atoms with Gasteiger partial charge in [-0.15, -0.1) is 0 Å². The minimum Gasteiger partial charge on any atom is -0.313 e. The highest BCUT2D eigenvalue weighted by molar-refractivity contribution is 9.10. The highest BCUT2D eigenvalue weighted by atomic mass is 79.9. The maximum atomic E-state index is 13.3. The van der Waals surface area contributed by atoms with Crippen LogP contribution in [-0.2, 0) is 6.54 Å². The Labute approximate surface area is 118 Å². The second-order valence-corrected chi connectivity index (χ2v) is 5.55. The van der Waals surface area contributed by atoms with Gasteiger partial charge in [-0.2, -0.15) is 0 Å². The Balaban J connectivity index is 2.05. The third-order valence-corrected chi connectivity index (χ3v) is 3.66. The minimum absolute atomic E-state index is 0.186. The average molecular weight is 316 g/mol. The second kappa shape index (κ2) is 9.51. The zero-order chi connectivity index (χ0) is 13.2. The van der Waals surface area contributed by atoms with Crippen molar-refractivity contribution in [3.05, 3.63) is 34.1 Å². The highest BCUT2D eigenvalue weighted by Gasteiger charge is 2.00. The summed E-state index contributed by atoms with van der Waals surface area (Å²) in [6.45, 7) is 4.00. The minimum atomic E-state index is -0.186. The smallest absolute Gasteiger partial charge is 0.137 e. The van der Waals surface area contributed by atoms with Gasteiger partial charge >= 0.3 is 0 Å². The summed E-state index contributed by atoms with van der Waals surface area (Å²) in [5.74, 6) is -0.186. The first-order chi connectivity index (χ1) is 8.74. The molecule has 1 aromatic rings. The molecule has 1 nitrogen and oxygen atoms in total. The normalized spacial score (nSPS) is 10.8. The lowest BCUT2D eigenvalue weighted by molar-refractivity contribution is 0.569. The monoisotopic (exact) mass is 315 g/mol. The summed E-state index contributed by atoms with van der Waals surface area (Å²) >= 11 is 3.16. The van der Waals surface area contributed by atoms with Gasteiger partial charge in [0.2, 0.25) is 0 Å². The van der Waals surface area contributed by atoms with Crippen molar-refractivity contribution in [1.29, 1.82) is 0 Å². The molecule has 0 fully saturated rings. The lowest BCUT2D eigenvalue weighted by Crippen LogP contribution is -2.14. The highest BCUT2D eigenvalue weighted by Crippen LogP contribution is 2.16. The summed E-state index contributed by atoms with van der Waals surface area (Å²) in [6.07, 6.45) is 7.85. The summed E-state index contributed by atoms with van der Waals surface area (Å²) in [6, 6.07) is 5.29. The summed E-state index contributed by atoms with van der Waals surface area (Å²) in [5.41, 5.74) is 1.00. The van der Waals surface area contributed by atoms with E-state index in [4.69, 9.17) is 0 Å². The number of hydrogen-bond donors (Lipinski definition) is 1. The van der Waals surface area contributed by atoms with Crippen LogP contribution in [0.1, 0.15) is 51.0 Å². The van der Waals surface area contributed by atoms with E-state index in [0.29, 0.717) is 4.47 Å². The predicted octanol–water partition coefficient (Wildman–Crippen LogP) is 5.04. The zero-order valence-electron chi connectivity index (χ0n) is 11.1. The Bertz CT molecular complexity index is 341. The fourth-order valence-electron chi connectivity index (χ4n) is 1.91. The van der Waals surface area contributed by atoms with E-state index in [1.807, 2.05) is 6.07 Å². The Morgan fingerprint density at radius 1 is 1.11 bits per heavy atom. The van der Waals surface area contributed by atoms with Crippen molar-refractivity contribution in [2.24, 2.45) is 0 Å². The van der Waals surface area contributed by atoms with E-state index >= 15 is 0 Å². The van der Waals surface area contributed by atoms with Gasteiger partial charge in [-0.3, -0.25) is 0 Å². The molecule has 0 aliphatic heterocycles. The molecule has 0 aliphatic carbocycles. The molecule has 1 rings (SSSR count). The third kappa shape index (κ3) is 6.50. The third-order valence-electron chi connectivity index (χ3n) is 3.02. The maximum Gasteiger partial charge on any atom is 0.137 e. The van der Waals surface area contributed by atoms with Crippen LogP contribution in [0, 0.1) is 5.82 Å². The fraction of sp³-hybridized carbons (Fsp3) is 0.600. The van der Waals surface area contributed by atoms with E-state index in [0.717, 1.165) is 18.7 Å². The number of rotatable bonds is 9.